The van der Waals surface area contributed by atoms with Crippen LogP contribution < -0.4 is 10.2 Å². The monoisotopic (exact) mass is 398 g/mol. The van der Waals surface area contributed by atoms with Gasteiger partial charge in [-0.25, -0.2) is 9.97 Å². The molecule has 4 rings (SSSR count). The summed E-state index contributed by atoms with van der Waals surface area (Å²) in [5.41, 5.74) is 1.82. The number of nitrogens with zero attached hydrogens (tertiary/aromatic N) is 3. The molecular weight excluding hydrogens is 381 g/mol. The molecule has 0 bridgehead atoms. The summed E-state index contributed by atoms with van der Waals surface area (Å²) in [5, 5.41) is 2.84. The summed E-state index contributed by atoms with van der Waals surface area (Å²) in [6.07, 6.45) is -2.19. The molecule has 2 aromatic carbocycles. The SMILES string of the molecule is CC1Cc2ccccc2N1C(=O)c1ccnc(Nc2ccc(C(F)(F)F)cc2)n1. The number of aromatic nitrogens is 2. The molecule has 0 fully saturated rings. The van der Waals surface area contributed by atoms with Gasteiger partial charge in [-0.05, 0) is 55.3 Å². The average Bonchev–Trinajstić information content (AvgIpc) is 3.03. The molecule has 0 aliphatic carbocycles. The fourth-order valence-electron chi connectivity index (χ4n) is 3.41. The minimum atomic E-state index is -4.40. The molecule has 148 valence electrons. The lowest BCUT2D eigenvalue weighted by Crippen LogP contribution is -2.36. The van der Waals surface area contributed by atoms with E-state index in [-0.39, 0.29) is 23.6 Å². The standard InChI is InChI=1S/C21H17F3N4O/c1-13-12-14-4-2-3-5-18(14)28(13)19(29)17-10-11-25-20(27-17)26-16-8-6-15(7-9-16)21(22,23)24/h2-11,13H,12H2,1H3,(H,25,26,27). The van der Waals surface area contributed by atoms with Crippen molar-refractivity contribution in [2.24, 2.45) is 0 Å². The fourth-order valence-corrected chi connectivity index (χ4v) is 3.41. The van der Waals surface area contributed by atoms with E-state index in [2.05, 4.69) is 15.3 Å². The first-order valence-electron chi connectivity index (χ1n) is 9.02. The van der Waals surface area contributed by atoms with Crippen LogP contribution in [0.1, 0.15) is 28.5 Å². The highest BCUT2D eigenvalue weighted by Gasteiger charge is 2.32. The number of alkyl halides is 3. The zero-order chi connectivity index (χ0) is 20.6. The number of anilines is 3. The van der Waals surface area contributed by atoms with Crippen LogP contribution in [0.3, 0.4) is 0 Å². The van der Waals surface area contributed by atoms with Crippen molar-refractivity contribution in [1.29, 1.82) is 0 Å². The highest BCUT2D eigenvalue weighted by molar-refractivity contribution is 6.06. The fraction of sp³-hybridized carbons (Fsp3) is 0.190. The highest BCUT2D eigenvalue weighted by Crippen LogP contribution is 2.33. The van der Waals surface area contributed by atoms with Gasteiger partial charge in [-0.3, -0.25) is 4.79 Å². The summed E-state index contributed by atoms with van der Waals surface area (Å²) >= 11 is 0. The summed E-state index contributed by atoms with van der Waals surface area (Å²) in [6.45, 7) is 1.97. The maximum Gasteiger partial charge on any atom is 0.416 e. The van der Waals surface area contributed by atoms with E-state index in [1.54, 1.807) is 4.90 Å². The summed E-state index contributed by atoms with van der Waals surface area (Å²) in [6, 6.07) is 13.8. The lowest BCUT2D eigenvalue weighted by Gasteiger charge is -2.22. The van der Waals surface area contributed by atoms with E-state index in [9.17, 15) is 18.0 Å². The van der Waals surface area contributed by atoms with Gasteiger partial charge in [0, 0.05) is 23.6 Å². The average molecular weight is 398 g/mol. The van der Waals surface area contributed by atoms with Gasteiger partial charge in [-0.1, -0.05) is 18.2 Å². The molecule has 1 aliphatic rings. The number of para-hydroxylation sites is 1. The van der Waals surface area contributed by atoms with Gasteiger partial charge >= 0.3 is 6.18 Å². The second-order valence-electron chi connectivity index (χ2n) is 6.82. The molecule has 5 nitrogen and oxygen atoms in total. The molecule has 2 heterocycles. The molecule has 0 saturated heterocycles. The van der Waals surface area contributed by atoms with Crippen molar-refractivity contribution in [3.63, 3.8) is 0 Å². The van der Waals surface area contributed by atoms with Crippen molar-refractivity contribution in [2.75, 3.05) is 10.2 Å². The van der Waals surface area contributed by atoms with Crippen LogP contribution in [0.4, 0.5) is 30.5 Å². The van der Waals surface area contributed by atoms with Gasteiger partial charge in [0.2, 0.25) is 5.95 Å². The number of halogens is 3. The van der Waals surface area contributed by atoms with Crippen LogP contribution in [0, 0.1) is 0 Å². The number of nitrogens with one attached hydrogen (secondary N) is 1. The first kappa shape index (κ1) is 18.9. The minimum absolute atomic E-state index is 0.00110. The largest absolute Gasteiger partial charge is 0.416 e. The zero-order valence-corrected chi connectivity index (χ0v) is 15.4. The molecule has 1 amide bonds. The van der Waals surface area contributed by atoms with E-state index in [0.717, 1.165) is 29.8 Å². The number of amides is 1. The van der Waals surface area contributed by atoms with Crippen LogP contribution in [0.25, 0.3) is 0 Å². The number of carbonyl (C=O) groups is 1. The van der Waals surface area contributed by atoms with Crippen LogP contribution in [0.2, 0.25) is 0 Å². The lowest BCUT2D eigenvalue weighted by atomic mass is 10.1. The number of benzene rings is 2. The van der Waals surface area contributed by atoms with Gasteiger partial charge < -0.3 is 10.2 Å². The topological polar surface area (TPSA) is 58.1 Å². The summed E-state index contributed by atoms with van der Waals surface area (Å²) < 4.78 is 38.1. The van der Waals surface area contributed by atoms with E-state index in [0.29, 0.717) is 5.69 Å². The molecule has 1 atom stereocenters. The van der Waals surface area contributed by atoms with Gasteiger partial charge in [0.15, 0.2) is 0 Å². The van der Waals surface area contributed by atoms with Gasteiger partial charge in [0.25, 0.3) is 5.91 Å². The van der Waals surface area contributed by atoms with Crippen molar-refractivity contribution < 1.29 is 18.0 Å². The number of rotatable bonds is 3. The quantitative estimate of drug-likeness (QED) is 0.687. The predicted molar refractivity (Wildman–Crippen MR) is 103 cm³/mol. The molecule has 1 aromatic heterocycles. The lowest BCUT2D eigenvalue weighted by molar-refractivity contribution is -0.137. The Labute approximate surface area is 165 Å². The van der Waals surface area contributed by atoms with E-state index >= 15 is 0 Å². The van der Waals surface area contributed by atoms with Gasteiger partial charge in [0.1, 0.15) is 5.69 Å². The van der Waals surface area contributed by atoms with Crippen molar-refractivity contribution >= 4 is 23.2 Å². The summed E-state index contributed by atoms with van der Waals surface area (Å²) in [5.74, 6) is -0.115. The number of hydrogen-bond donors (Lipinski definition) is 1. The maximum atomic E-state index is 13.1. The Balaban J connectivity index is 1.55. The Bertz CT molecular complexity index is 1050. The Kier molecular flexibility index (Phi) is 4.70. The van der Waals surface area contributed by atoms with Crippen molar-refractivity contribution in [3.8, 4) is 0 Å². The van der Waals surface area contributed by atoms with E-state index in [1.165, 1.54) is 24.4 Å². The Morgan fingerprint density at radius 3 is 2.55 bits per heavy atom. The Morgan fingerprint density at radius 2 is 1.83 bits per heavy atom. The first-order valence-corrected chi connectivity index (χ1v) is 9.02. The first-order chi connectivity index (χ1) is 13.8. The molecule has 1 unspecified atom stereocenters. The van der Waals surface area contributed by atoms with E-state index in [4.69, 9.17) is 0 Å². The van der Waals surface area contributed by atoms with Crippen LogP contribution >= 0.6 is 0 Å². The third kappa shape index (κ3) is 3.78. The van der Waals surface area contributed by atoms with Crippen molar-refractivity contribution in [2.45, 2.75) is 25.6 Å². The third-order valence-corrected chi connectivity index (χ3v) is 4.77. The molecule has 29 heavy (non-hydrogen) atoms. The molecule has 1 aliphatic heterocycles. The molecule has 1 N–H and O–H groups in total. The molecule has 8 heteroatoms. The second-order valence-corrected chi connectivity index (χ2v) is 6.82. The third-order valence-electron chi connectivity index (χ3n) is 4.77. The number of fused-ring (bicyclic) bond motifs is 1. The Hall–Kier alpha value is -3.42. The van der Waals surface area contributed by atoms with Crippen molar-refractivity contribution in [3.05, 3.63) is 77.6 Å². The predicted octanol–water partition coefficient (Wildman–Crippen LogP) is 4.83. The smallest absolute Gasteiger partial charge is 0.324 e. The number of hydrogen-bond acceptors (Lipinski definition) is 4. The van der Waals surface area contributed by atoms with Gasteiger partial charge in [-0.2, -0.15) is 13.2 Å². The van der Waals surface area contributed by atoms with Crippen LogP contribution in [-0.4, -0.2) is 21.9 Å². The zero-order valence-electron chi connectivity index (χ0n) is 15.4. The summed E-state index contributed by atoms with van der Waals surface area (Å²) in [7, 11) is 0. The minimum Gasteiger partial charge on any atom is -0.324 e. The molecule has 0 radical (unpaired) electrons. The summed E-state index contributed by atoms with van der Waals surface area (Å²) in [4.78, 5) is 23.1. The normalized spacial score (nSPS) is 15.9. The van der Waals surface area contributed by atoms with E-state index in [1.807, 2.05) is 31.2 Å². The van der Waals surface area contributed by atoms with Crippen LogP contribution in [0.15, 0.2) is 60.8 Å². The molecule has 3 aromatic rings. The van der Waals surface area contributed by atoms with Crippen LogP contribution in [0.5, 0.6) is 0 Å². The highest BCUT2D eigenvalue weighted by atomic mass is 19.4. The maximum absolute atomic E-state index is 13.1. The van der Waals surface area contributed by atoms with Crippen molar-refractivity contribution in [1.82, 2.24) is 9.97 Å². The van der Waals surface area contributed by atoms with Gasteiger partial charge in [0.05, 0.1) is 5.56 Å². The molecular formula is C21H17F3N4O. The van der Waals surface area contributed by atoms with Crippen LogP contribution in [-0.2, 0) is 12.6 Å². The number of carbonyl (C=O) groups excluding carboxylic acids is 1. The second kappa shape index (κ2) is 7.20. The van der Waals surface area contributed by atoms with E-state index < -0.39 is 11.7 Å². The Morgan fingerprint density at radius 1 is 1.10 bits per heavy atom. The van der Waals surface area contributed by atoms with Gasteiger partial charge in [-0.15, -0.1) is 0 Å². The molecule has 0 spiro atoms. The molecule has 0 saturated carbocycles.